The van der Waals surface area contributed by atoms with Crippen LogP contribution >= 0.6 is 0 Å². The lowest BCUT2D eigenvalue weighted by Gasteiger charge is -2.29. The van der Waals surface area contributed by atoms with E-state index in [2.05, 4.69) is 52.5 Å². The number of aryl methyl sites for hydroxylation is 2. The van der Waals surface area contributed by atoms with Crippen LogP contribution in [0.4, 0.5) is 0 Å². The summed E-state index contributed by atoms with van der Waals surface area (Å²) in [4.78, 5) is 2.37. The number of rotatable bonds is 7. The van der Waals surface area contributed by atoms with Crippen LogP contribution in [-0.4, -0.2) is 52.5 Å². The third-order valence-electron chi connectivity index (χ3n) is 5.14. The number of aliphatic hydroxyl groups is 1. The molecule has 1 aromatic carbocycles. The zero-order valence-corrected chi connectivity index (χ0v) is 15.4. The third-order valence-corrected chi connectivity index (χ3v) is 5.14. The highest BCUT2D eigenvalue weighted by Gasteiger charge is 2.16. The molecule has 1 saturated heterocycles. The number of piperidine rings is 1. The molecule has 136 valence electrons. The Bertz CT molecular complexity index is 682. The Hall–Kier alpha value is -1.69. The molecule has 0 bridgehead atoms. The maximum Gasteiger partial charge on any atom is 0.0695 e. The summed E-state index contributed by atoms with van der Waals surface area (Å²) in [6.07, 6.45) is 4.95. The van der Waals surface area contributed by atoms with Crippen molar-refractivity contribution in [1.82, 2.24) is 20.4 Å². The Morgan fingerprint density at radius 3 is 3.00 bits per heavy atom. The van der Waals surface area contributed by atoms with Gasteiger partial charge in [0.15, 0.2) is 0 Å². The zero-order valence-electron chi connectivity index (χ0n) is 15.4. The first kappa shape index (κ1) is 18.1. The van der Waals surface area contributed by atoms with Gasteiger partial charge in [0, 0.05) is 24.2 Å². The van der Waals surface area contributed by atoms with Gasteiger partial charge in [-0.05, 0) is 69.9 Å². The highest BCUT2D eigenvalue weighted by Crippen LogP contribution is 2.23. The van der Waals surface area contributed by atoms with Gasteiger partial charge in [-0.25, -0.2) is 0 Å². The molecule has 1 aliphatic heterocycles. The van der Waals surface area contributed by atoms with E-state index in [1.807, 2.05) is 6.20 Å². The van der Waals surface area contributed by atoms with E-state index in [0.717, 1.165) is 57.7 Å². The average molecular weight is 342 g/mol. The summed E-state index contributed by atoms with van der Waals surface area (Å²) in [5.41, 5.74) is 6.12. The largest absolute Gasteiger partial charge is 0.392 e. The van der Waals surface area contributed by atoms with Crippen molar-refractivity contribution in [3.05, 3.63) is 41.1 Å². The number of aliphatic hydroxyl groups excluding tert-OH is 1. The maximum absolute atomic E-state index is 9.71. The van der Waals surface area contributed by atoms with Gasteiger partial charge < -0.3 is 15.3 Å². The number of likely N-dealkylation sites (tertiary alicyclic amines) is 1. The van der Waals surface area contributed by atoms with E-state index in [1.54, 1.807) is 0 Å². The topological polar surface area (TPSA) is 64.2 Å². The molecular weight excluding hydrogens is 312 g/mol. The predicted octanol–water partition coefficient (Wildman–Crippen LogP) is 2.63. The minimum Gasteiger partial charge on any atom is -0.392 e. The van der Waals surface area contributed by atoms with Gasteiger partial charge in [-0.15, -0.1) is 0 Å². The molecule has 1 fully saturated rings. The number of H-pyrrole nitrogens is 1. The molecule has 3 rings (SSSR count). The van der Waals surface area contributed by atoms with Crippen LogP contribution < -0.4 is 5.32 Å². The summed E-state index contributed by atoms with van der Waals surface area (Å²) in [6.45, 7) is 9.08. The maximum atomic E-state index is 9.71. The number of benzene rings is 1. The molecule has 3 N–H and O–H groups in total. The molecule has 0 spiro atoms. The fraction of sp³-hybridized carbons (Fsp3) is 0.550. The third kappa shape index (κ3) is 4.91. The van der Waals surface area contributed by atoms with Crippen LogP contribution in [0.1, 0.15) is 36.0 Å². The quantitative estimate of drug-likeness (QED) is 0.677. The van der Waals surface area contributed by atoms with Crippen LogP contribution in [0.5, 0.6) is 0 Å². The van der Waals surface area contributed by atoms with Crippen LogP contribution in [0.2, 0.25) is 0 Å². The van der Waals surface area contributed by atoms with Crippen molar-refractivity contribution in [1.29, 1.82) is 0 Å². The smallest absolute Gasteiger partial charge is 0.0695 e. The minimum absolute atomic E-state index is 0.131. The highest BCUT2D eigenvalue weighted by atomic mass is 16.3. The Labute approximate surface area is 150 Å². The molecule has 0 amide bonds. The van der Waals surface area contributed by atoms with E-state index in [1.165, 1.54) is 22.3 Å². The van der Waals surface area contributed by atoms with E-state index in [0.29, 0.717) is 0 Å². The van der Waals surface area contributed by atoms with Crippen LogP contribution in [0.3, 0.4) is 0 Å². The molecule has 5 nitrogen and oxygen atoms in total. The van der Waals surface area contributed by atoms with Gasteiger partial charge in [-0.2, -0.15) is 5.10 Å². The number of nitrogens with zero attached hydrogens (tertiary/aromatic N) is 2. The SMILES string of the molecule is Cc1ccc(-c2[nH]ncc2CNCCCN2CCC[C@@H](O)C2)cc1C. The van der Waals surface area contributed by atoms with Gasteiger partial charge in [-0.3, -0.25) is 5.10 Å². The molecule has 0 radical (unpaired) electrons. The lowest BCUT2D eigenvalue weighted by Crippen LogP contribution is -2.39. The van der Waals surface area contributed by atoms with E-state index < -0.39 is 0 Å². The van der Waals surface area contributed by atoms with E-state index in [9.17, 15) is 5.11 Å². The van der Waals surface area contributed by atoms with E-state index in [-0.39, 0.29) is 6.10 Å². The van der Waals surface area contributed by atoms with Crippen molar-refractivity contribution in [3.8, 4) is 11.3 Å². The fourth-order valence-corrected chi connectivity index (χ4v) is 3.48. The molecule has 1 atom stereocenters. The molecule has 0 saturated carbocycles. The molecule has 0 aliphatic carbocycles. The highest BCUT2D eigenvalue weighted by molar-refractivity contribution is 5.64. The van der Waals surface area contributed by atoms with Gasteiger partial charge in [0.1, 0.15) is 0 Å². The van der Waals surface area contributed by atoms with E-state index in [4.69, 9.17) is 0 Å². The molecule has 2 heterocycles. The normalized spacial score (nSPS) is 18.6. The number of aromatic amines is 1. The van der Waals surface area contributed by atoms with Crippen molar-refractivity contribution < 1.29 is 5.11 Å². The second-order valence-electron chi connectivity index (χ2n) is 7.20. The number of hydrogen-bond donors (Lipinski definition) is 3. The number of nitrogens with one attached hydrogen (secondary N) is 2. The van der Waals surface area contributed by atoms with Crippen molar-refractivity contribution in [2.75, 3.05) is 26.2 Å². The van der Waals surface area contributed by atoms with Crippen molar-refractivity contribution in [2.45, 2.75) is 45.8 Å². The molecule has 25 heavy (non-hydrogen) atoms. The standard InChI is InChI=1S/C20H30N4O/c1-15-6-7-17(11-16(15)2)20-18(13-22-23-20)12-21-8-4-10-24-9-3-5-19(25)14-24/h6-7,11,13,19,21,25H,3-5,8-10,12,14H2,1-2H3,(H,22,23)/t19-/m1/s1. The molecule has 1 aliphatic rings. The first-order chi connectivity index (χ1) is 12.1. The summed E-state index contributed by atoms with van der Waals surface area (Å²) in [5, 5.41) is 20.6. The average Bonchev–Trinajstić information content (AvgIpc) is 3.06. The lowest BCUT2D eigenvalue weighted by molar-refractivity contribution is 0.0702. The zero-order chi connectivity index (χ0) is 17.6. The van der Waals surface area contributed by atoms with Crippen LogP contribution in [0.15, 0.2) is 24.4 Å². The predicted molar refractivity (Wildman–Crippen MR) is 102 cm³/mol. The minimum atomic E-state index is -0.131. The number of β-amino-alcohol motifs (C(OH)–C–C–N with tert-alkyl or cyclic N) is 1. The monoisotopic (exact) mass is 342 g/mol. The molecule has 5 heteroatoms. The molecular formula is C20H30N4O. The summed E-state index contributed by atoms with van der Waals surface area (Å²) in [6, 6.07) is 6.53. The molecule has 0 unspecified atom stereocenters. The molecule has 1 aromatic heterocycles. The van der Waals surface area contributed by atoms with Crippen LogP contribution in [0.25, 0.3) is 11.3 Å². The lowest BCUT2D eigenvalue weighted by atomic mass is 10.0. The van der Waals surface area contributed by atoms with Crippen molar-refractivity contribution in [3.63, 3.8) is 0 Å². The van der Waals surface area contributed by atoms with Gasteiger partial charge in [0.05, 0.1) is 18.0 Å². The van der Waals surface area contributed by atoms with Gasteiger partial charge in [0.2, 0.25) is 0 Å². The van der Waals surface area contributed by atoms with Gasteiger partial charge in [0.25, 0.3) is 0 Å². The summed E-state index contributed by atoms with van der Waals surface area (Å²) < 4.78 is 0. The van der Waals surface area contributed by atoms with Crippen LogP contribution in [0, 0.1) is 13.8 Å². The summed E-state index contributed by atoms with van der Waals surface area (Å²) in [7, 11) is 0. The number of hydrogen-bond acceptors (Lipinski definition) is 4. The van der Waals surface area contributed by atoms with Crippen molar-refractivity contribution >= 4 is 0 Å². The Balaban J connectivity index is 1.46. The Morgan fingerprint density at radius 1 is 1.32 bits per heavy atom. The molecule has 2 aromatic rings. The summed E-state index contributed by atoms with van der Waals surface area (Å²) >= 11 is 0. The van der Waals surface area contributed by atoms with Gasteiger partial charge >= 0.3 is 0 Å². The second-order valence-corrected chi connectivity index (χ2v) is 7.20. The van der Waals surface area contributed by atoms with E-state index >= 15 is 0 Å². The van der Waals surface area contributed by atoms with Crippen LogP contribution in [-0.2, 0) is 6.54 Å². The first-order valence-electron chi connectivity index (χ1n) is 9.34. The fourth-order valence-electron chi connectivity index (χ4n) is 3.48. The number of aromatic nitrogens is 2. The first-order valence-corrected chi connectivity index (χ1v) is 9.34. The summed E-state index contributed by atoms with van der Waals surface area (Å²) in [5.74, 6) is 0. The van der Waals surface area contributed by atoms with Crippen molar-refractivity contribution in [2.24, 2.45) is 0 Å². The van der Waals surface area contributed by atoms with Gasteiger partial charge in [-0.1, -0.05) is 12.1 Å². The Morgan fingerprint density at radius 2 is 2.20 bits per heavy atom. The Kier molecular flexibility index (Phi) is 6.24. The second kappa shape index (κ2) is 8.61.